The van der Waals surface area contributed by atoms with E-state index in [-0.39, 0.29) is 12.6 Å². The SMILES string of the molecule is O[C@H]1CCCC[C@@H]1NCCC(F)(F)F. The summed E-state index contributed by atoms with van der Waals surface area (Å²) in [5.74, 6) is 0. The van der Waals surface area contributed by atoms with Crippen LogP contribution in [0.1, 0.15) is 32.1 Å². The summed E-state index contributed by atoms with van der Waals surface area (Å²) in [6, 6.07) is -0.147. The van der Waals surface area contributed by atoms with Gasteiger partial charge in [-0.3, -0.25) is 0 Å². The molecule has 0 bridgehead atoms. The van der Waals surface area contributed by atoms with Crippen molar-refractivity contribution < 1.29 is 18.3 Å². The summed E-state index contributed by atoms with van der Waals surface area (Å²) in [5.41, 5.74) is 0. The van der Waals surface area contributed by atoms with Crippen LogP contribution in [0.15, 0.2) is 0 Å². The molecule has 0 heterocycles. The van der Waals surface area contributed by atoms with Gasteiger partial charge in [-0.15, -0.1) is 0 Å². The van der Waals surface area contributed by atoms with Gasteiger partial charge in [-0.1, -0.05) is 12.8 Å². The van der Waals surface area contributed by atoms with Crippen LogP contribution in [0.4, 0.5) is 13.2 Å². The van der Waals surface area contributed by atoms with Crippen LogP contribution in [0.2, 0.25) is 0 Å². The van der Waals surface area contributed by atoms with E-state index in [1.54, 1.807) is 0 Å². The molecule has 0 spiro atoms. The van der Waals surface area contributed by atoms with E-state index in [1.807, 2.05) is 0 Å². The summed E-state index contributed by atoms with van der Waals surface area (Å²) in [6.45, 7) is -0.0920. The Labute approximate surface area is 81.5 Å². The molecule has 1 aliphatic carbocycles. The van der Waals surface area contributed by atoms with Crippen LogP contribution in [0.5, 0.6) is 0 Å². The number of rotatable bonds is 3. The number of halogens is 3. The highest BCUT2D eigenvalue weighted by Gasteiger charge is 2.28. The van der Waals surface area contributed by atoms with E-state index in [0.29, 0.717) is 6.42 Å². The molecule has 0 aliphatic heterocycles. The molecule has 0 unspecified atom stereocenters. The van der Waals surface area contributed by atoms with E-state index in [0.717, 1.165) is 19.3 Å². The van der Waals surface area contributed by atoms with Crippen LogP contribution in [-0.4, -0.2) is 30.0 Å². The van der Waals surface area contributed by atoms with E-state index < -0.39 is 18.7 Å². The summed E-state index contributed by atoms with van der Waals surface area (Å²) >= 11 is 0. The predicted octanol–water partition coefficient (Wildman–Crippen LogP) is 1.83. The maximum absolute atomic E-state index is 11.8. The Hall–Kier alpha value is -0.290. The van der Waals surface area contributed by atoms with Crippen molar-refractivity contribution in [3.8, 4) is 0 Å². The predicted molar refractivity (Wildman–Crippen MR) is 46.9 cm³/mol. The second-order valence-electron chi connectivity index (χ2n) is 3.78. The number of aliphatic hydroxyl groups is 1. The molecule has 0 aromatic carbocycles. The fraction of sp³-hybridized carbons (Fsp3) is 1.00. The monoisotopic (exact) mass is 211 g/mol. The minimum absolute atomic E-state index is 0.0920. The first kappa shape index (κ1) is 11.8. The lowest BCUT2D eigenvalue weighted by molar-refractivity contribution is -0.134. The van der Waals surface area contributed by atoms with Crippen LogP contribution in [-0.2, 0) is 0 Å². The van der Waals surface area contributed by atoms with Crippen molar-refractivity contribution in [1.29, 1.82) is 0 Å². The Morgan fingerprint density at radius 1 is 1.21 bits per heavy atom. The highest BCUT2D eigenvalue weighted by Crippen LogP contribution is 2.21. The third-order valence-corrected chi connectivity index (χ3v) is 2.54. The van der Waals surface area contributed by atoms with E-state index in [1.165, 1.54) is 0 Å². The summed E-state index contributed by atoms with van der Waals surface area (Å²) in [4.78, 5) is 0. The molecule has 0 amide bonds. The van der Waals surface area contributed by atoms with Crippen molar-refractivity contribution in [3.05, 3.63) is 0 Å². The Balaban J connectivity index is 2.17. The van der Waals surface area contributed by atoms with Gasteiger partial charge in [0.2, 0.25) is 0 Å². The topological polar surface area (TPSA) is 32.3 Å². The minimum Gasteiger partial charge on any atom is -0.392 e. The second-order valence-corrected chi connectivity index (χ2v) is 3.78. The van der Waals surface area contributed by atoms with Crippen molar-refractivity contribution in [2.75, 3.05) is 6.54 Å². The molecule has 1 fully saturated rings. The molecule has 84 valence electrons. The zero-order valence-electron chi connectivity index (χ0n) is 7.98. The maximum Gasteiger partial charge on any atom is 0.390 e. The summed E-state index contributed by atoms with van der Waals surface area (Å²) < 4.78 is 35.4. The molecule has 0 aromatic heterocycles. The van der Waals surface area contributed by atoms with Crippen LogP contribution < -0.4 is 5.32 Å². The zero-order valence-corrected chi connectivity index (χ0v) is 7.98. The Morgan fingerprint density at radius 3 is 2.43 bits per heavy atom. The zero-order chi connectivity index (χ0) is 10.6. The molecule has 0 radical (unpaired) electrons. The van der Waals surface area contributed by atoms with Gasteiger partial charge >= 0.3 is 6.18 Å². The Kier molecular flexibility index (Phi) is 4.19. The fourth-order valence-corrected chi connectivity index (χ4v) is 1.75. The first-order valence-corrected chi connectivity index (χ1v) is 4.97. The van der Waals surface area contributed by atoms with Gasteiger partial charge in [0.25, 0.3) is 0 Å². The molecule has 2 atom stereocenters. The number of nitrogens with one attached hydrogen (secondary N) is 1. The van der Waals surface area contributed by atoms with Gasteiger partial charge in [-0.05, 0) is 12.8 Å². The molecular formula is C9H16F3NO. The molecule has 1 saturated carbocycles. The highest BCUT2D eigenvalue weighted by molar-refractivity contribution is 4.80. The minimum atomic E-state index is -4.10. The van der Waals surface area contributed by atoms with E-state index >= 15 is 0 Å². The molecule has 1 aliphatic rings. The molecule has 1 rings (SSSR count). The van der Waals surface area contributed by atoms with Crippen LogP contribution in [0.3, 0.4) is 0 Å². The average molecular weight is 211 g/mol. The van der Waals surface area contributed by atoms with Crippen molar-refractivity contribution in [1.82, 2.24) is 5.32 Å². The lowest BCUT2D eigenvalue weighted by Crippen LogP contribution is -2.43. The van der Waals surface area contributed by atoms with Gasteiger partial charge < -0.3 is 10.4 Å². The summed E-state index contributed by atoms with van der Waals surface area (Å²) in [5, 5.41) is 12.2. The van der Waals surface area contributed by atoms with Crippen molar-refractivity contribution in [3.63, 3.8) is 0 Å². The van der Waals surface area contributed by atoms with Gasteiger partial charge in [0, 0.05) is 12.6 Å². The molecule has 5 heteroatoms. The first-order valence-electron chi connectivity index (χ1n) is 4.97. The molecular weight excluding hydrogens is 195 g/mol. The number of hydrogen-bond donors (Lipinski definition) is 2. The molecule has 0 aromatic rings. The molecule has 2 nitrogen and oxygen atoms in total. The summed E-state index contributed by atoms with van der Waals surface area (Å²) in [7, 11) is 0. The standard InChI is InChI=1S/C9H16F3NO/c10-9(11,12)5-6-13-7-3-1-2-4-8(7)14/h7-8,13-14H,1-6H2/t7-,8-/m0/s1. The quantitative estimate of drug-likeness (QED) is 0.746. The molecule has 14 heavy (non-hydrogen) atoms. The van der Waals surface area contributed by atoms with Gasteiger partial charge in [0.05, 0.1) is 12.5 Å². The number of aliphatic hydroxyl groups excluding tert-OH is 1. The second kappa shape index (κ2) is 4.98. The van der Waals surface area contributed by atoms with Gasteiger partial charge in [-0.25, -0.2) is 0 Å². The van der Waals surface area contributed by atoms with E-state index in [4.69, 9.17) is 0 Å². The van der Waals surface area contributed by atoms with E-state index in [2.05, 4.69) is 5.32 Å². The van der Waals surface area contributed by atoms with Crippen molar-refractivity contribution >= 4 is 0 Å². The highest BCUT2D eigenvalue weighted by atomic mass is 19.4. The lowest BCUT2D eigenvalue weighted by atomic mass is 9.92. The normalized spacial score (nSPS) is 29.1. The fourth-order valence-electron chi connectivity index (χ4n) is 1.75. The van der Waals surface area contributed by atoms with Crippen molar-refractivity contribution in [2.45, 2.75) is 50.4 Å². The smallest absolute Gasteiger partial charge is 0.390 e. The van der Waals surface area contributed by atoms with Gasteiger partial charge in [0.1, 0.15) is 0 Å². The molecule has 0 saturated heterocycles. The van der Waals surface area contributed by atoms with E-state index in [9.17, 15) is 18.3 Å². The van der Waals surface area contributed by atoms with Crippen LogP contribution in [0, 0.1) is 0 Å². The summed E-state index contributed by atoms with van der Waals surface area (Å²) in [6.07, 6.45) is -1.97. The van der Waals surface area contributed by atoms with Crippen LogP contribution >= 0.6 is 0 Å². The third-order valence-electron chi connectivity index (χ3n) is 2.54. The Bertz CT molecular complexity index is 172. The number of alkyl halides is 3. The first-order chi connectivity index (χ1) is 6.49. The largest absolute Gasteiger partial charge is 0.392 e. The van der Waals surface area contributed by atoms with Crippen molar-refractivity contribution in [2.24, 2.45) is 0 Å². The lowest BCUT2D eigenvalue weighted by Gasteiger charge is -2.28. The van der Waals surface area contributed by atoms with Gasteiger partial charge in [0.15, 0.2) is 0 Å². The number of hydrogen-bond acceptors (Lipinski definition) is 2. The maximum atomic E-state index is 11.8. The third kappa shape index (κ3) is 4.28. The van der Waals surface area contributed by atoms with Gasteiger partial charge in [-0.2, -0.15) is 13.2 Å². The molecule has 2 N–H and O–H groups in total. The average Bonchev–Trinajstić information content (AvgIpc) is 2.06. The Morgan fingerprint density at radius 2 is 1.86 bits per heavy atom. The van der Waals surface area contributed by atoms with Crippen LogP contribution in [0.25, 0.3) is 0 Å².